The number of ether oxygens (including phenoxy) is 3. The molecule has 2 bridgehead atoms. The Morgan fingerprint density at radius 3 is 2.79 bits per heavy atom. The summed E-state index contributed by atoms with van der Waals surface area (Å²) in [5.41, 5.74) is 1.38. The largest absolute Gasteiger partial charge is 0.454 e. The molecular weight excluding hydrogens is 360 g/mol. The minimum atomic E-state index is -0.813. The molecule has 0 aromatic heterocycles. The molecule has 1 N–H and O–H groups in total. The Balaban J connectivity index is 1.98. The maximum Gasteiger partial charge on any atom is 0.334 e. The number of allylic oxidation sites excluding steroid dienone is 1. The van der Waals surface area contributed by atoms with Crippen LogP contribution in [-0.2, 0) is 23.8 Å². The Hall–Kier alpha value is -1.92. The van der Waals surface area contributed by atoms with E-state index < -0.39 is 41.8 Å². The fourth-order valence-corrected chi connectivity index (χ4v) is 4.42. The Kier molecular flexibility index (Phi) is 5.82. The van der Waals surface area contributed by atoms with Crippen LogP contribution < -0.4 is 0 Å². The molecular formula is C22H30O6. The standard InChI is InChI=1S/C22H30O6/c1-12-7-6-8-13(2)19(26-15(4)23)20-16(14(3)21(25)27-20)11-18(24)22(5)10-9-17(12)28-22/h8,16-20,24H,1,3,6-7,9-11H2,2,4-5H3/b13-8-/t16-,17-,18-,19+,20+,22-/m0/s1. The summed E-state index contributed by atoms with van der Waals surface area (Å²) in [5.74, 6) is -1.42. The fraction of sp³-hybridized carbons (Fsp3) is 0.636. The molecule has 6 heteroatoms. The van der Waals surface area contributed by atoms with Crippen molar-refractivity contribution in [3.63, 3.8) is 0 Å². The van der Waals surface area contributed by atoms with Crippen LogP contribution in [0.3, 0.4) is 0 Å². The van der Waals surface area contributed by atoms with Crippen LogP contribution in [0.25, 0.3) is 0 Å². The topological polar surface area (TPSA) is 82.1 Å². The number of aliphatic hydroxyl groups is 1. The lowest BCUT2D eigenvalue weighted by Gasteiger charge is -2.34. The van der Waals surface area contributed by atoms with Crippen molar-refractivity contribution in [1.29, 1.82) is 0 Å². The number of esters is 2. The molecule has 154 valence electrons. The molecule has 2 fully saturated rings. The molecule has 3 heterocycles. The van der Waals surface area contributed by atoms with Crippen molar-refractivity contribution < 1.29 is 28.9 Å². The highest BCUT2D eigenvalue weighted by Gasteiger charge is 2.50. The van der Waals surface area contributed by atoms with Gasteiger partial charge in [-0.3, -0.25) is 4.79 Å². The Labute approximate surface area is 166 Å². The number of hydrogen-bond donors (Lipinski definition) is 1. The van der Waals surface area contributed by atoms with Crippen LogP contribution in [0, 0.1) is 5.92 Å². The summed E-state index contributed by atoms with van der Waals surface area (Å²) in [7, 11) is 0. The minimum absolute atomic E-state index is 0.0844. The number of aliphatic hydroxyl groups excluding tert-OH is 1. The second kappa shape index (κ2) is 7.84. The third-order valence-electron chi connectivity index (χ3n) is 6.27. The van der Waals surface area contributed by atoms with E-state index in [1.54, 1.807) is 0 Å². The van der Waals surface area contributed by atoms with Crippen molar-refractivity contribution in [1.82, 2.24) is 0 Å². The molecule has 3 rings (SSSR count). The second-order valence-corrected chi connectivity index (χ2v) is 8.39. The van der Waals surface area contributed by atoms with E-state index in [2.05, 4.69) is 13.2 Å². The van der Waals surface area contributed by atoms with Crippen LogP contribution in [0.1, 0.15) is 52.9 Å². The molecule has 3 aliphatic heterocycles. The zero-order valence-corrected chi connectivity index (χ0v) is 16.9. The Bertz CT molecular complexity index is 723. The van der Waals surface area contributed by atoms with E-state index in [1.165, 1.54) is 6.92 Å². The summed E-state index contributed by atoms with van der Waals surface area (Å²) in [4.78, 5) is 24.0. The summed E-state index contributed by atoms with van der Waals surface area (Å²) >= 11 is 0. The first-order chi connectivity index (χ1) is 13.1. The molecule has 0 aliphatic carbocycles. The van der Waals surface area contributed by atoms with Gasteiger partial charge in [-0.05, 0) is 57.1 Å². The molecule has 6 atom stereocenters. The van der Waals surface area contributed by atoms with Crippen molar-refractivity contribution in [2.24, 2.45) is 5.92 Å². The predicted molar refractivity (Wildman–Crippen MR) is 103 cm³/mol. The number of hydrogen-bond acceptors (Lipinski definition) is 6. The predicted octanol–water partition coefficient (Wildman–Crippen LogP) is 3.00. The van der Waals surface area contributed by atoms with E-state index in [-0.39, 0.29) is 12.5 Å². The molecule has 0 saturated carbocycles. The summed E-state index contributed by atoms with van der Waals surface area (Å²) < 4.78 is 17.3. The Morgan fingerprint density at radius 2 is 2.11 bits per heavy atom. The highest BCUT2D eigenvalue weighted by molar-refractivity contribution is 5.91. The van der Waals surface area contributed by atoms with Crippen LogP contribution in [0.5, 0.6) is 0 Å². The molecule has 0 radical (unpaired) electrons. The van der Waals surface area contributed by atoms with Gasteiger partial charge in [0.1, 0.15) is 6.10 Å². The van der Waals surface area contributed by atoms with Crippen LogP contribution >= 0.6 is 0 Å². The van der Waals surface area contributed by atoms with Crippen molar-refractivity contribution in [3.8, 4) is 0 Å². The van der Waals surface area contributed by atoms with Gasteiger partial charge in [0.15, 0.2) is 6.10 Å². The zero-order chi connectivity index (χ0) is 20.6. The first-order valence-corrected chi connectivity index (χ1v) is 9.89. The molecule has 6 nitrogen and oxygen atoms in total. The normalized spacial score (nSPS) is 41.1. The van der Waals surface area contributed by atoms with Crippen LogP contribution in [0.2, 0.25) is 0 Å². The molecule has 2 saturated heterocycles. The highest BCUT2D eigenvalue weighted by Crippen LogP contribution is 2.42. The van der Waals surface area contributed by atoms with Gasteiger partial charge < -0.3 is 19.3 Å². The van der Waals surface area contributed by atoms with Crippen LogP contribution in [0.4, 0.5) is 0 Å². The maximum absolute atomic E-state index is 12.2. The van der Waals surface area contributed by atoms with E-state index in [0.717, 1.165) is 24.0 Å². The van der Waals surface area contributed by atoms with Gasteiger partial charge in [0, 0.05) is 18.4 Å². The average molecular weight is 390 g/mol. The SMILES string of the molecule is C=C1CC/C=C(/C)[C@@H](OC(C)=O)[C@@H]2OC(=O)C(=C)[C@@H]2C[C@H](O)[C@]2(C)CC[C@@H]1O2. The van der Waals surface area contributed by atoms with E-state index in [9.17, 15) is 14.7 Å². The van der Waals surface area contributed by atoms with Crippen LogP contribution in [0.15, 0.2) is 36.0 Å². The first-order valence-electron chi connectivity index (χ1n) is 9.89. The van der Waals surface area contributed by atoms with Crippen molar-refractivity contribution in [2.45, 2.75) is 82.9 Å². The monoisotopic (exact) mass is 390 g/mol. The van der Waals surface area contributed by atoms with E-state index in [1.807, 2.05) is 19.9 Å². The lowest BCUT2D eigenvalue weighted by atomic mass is 9.81. The first kappa shape index (κ1) is 20.8. The smallest absolute Gasteiger partial charge is 0.334 e. The third-order valence-corrected chi connectivity index (χ3v) is 6.27. The number of rotatable bonds is 1. The molecule has 0 unspecified atom stereocenters. The van der Waals surface area contributed by atoms with Gasteiger partial charge >= 0.3 is 11.9 Å². The zero-order valence-electron chi connectivity index (χ0n) is 16.9. The van der Waals surface area contributed by atoms with E-state index >= 15 is 0 Å². The van der Waals surface area contributed by atoms with E-state index in [4.69, 9.17) is 14.2 Å². The molecule has 0 aromatic carbocycles. The highest BCUT2D eigenvalue weighted by atomic mass is 16.6. The summed E-state index contributed by atoms with van der Waals surface area (Å²) in [6.07, 6.45) is 2.90. The lowest BCUT2D eigenvalue weighted by molar-refractivity contribution is -0.159. The van der Waals surface area contributed by atoms with E-state index in [0.29, 0.717) is 18.4 Å². The number of fused-ring (bicyclic) bond motifs is 3. The van der Waals surface area contributed by atoms with Gasteiger partial charge in [0.2, 0.25) is 0 Å². The van der Waals surface area contributed by atoms with Crippen molar-refractivity contribution >= 4 is 11.9 Å². The molecule has 3 aliphatic rings. The second-order valence-electron chi connectivity index (χ2n) is 8.39. The van der Waals surface area contributed by atoms with Gasteiger partial charge in [-0.25, -0.2) is 4.79 Å². The lowest BCUT2D eigenvalue weighted by Crippen LogP contribution is -2.44. The summed E-state index contributed by atoms with van der Waals surface area (Å²) in [6.45, 7) is 13.1. The number of carbonyl (C=O) groups excluding carboxylic acids is 2. The Morgan fingerprint density at radius 1 is 1.39 bits per heavy atom. The average Bonchev–Trinajstić information content (AvgIpc) is 3.15. The number of carbonyl (C=O) groups is 2. The van der Waals surface area contributed by atoms with Crippen molar-refractivity contribution in [3.05, 3.63) is 36.0 Å². The summed E-state index contributed by atoms with van der Waals surface area (Å²) in [6, 6.07) is 0. The van der Waals surface area contributed by atoms with Gasteiger partial charge in [-0.15, -0.1) is 0 Å². The molecule has 0 spiro atoms. The van der Waals surface area contributed by atoms with Gasteiger partial charge in [0.05, 0.1) is 17.8 Å². The van der Waals surface area contributed by atoms with Crippen molar-refractivity contribution in [2.75, 3.05) is 0 Å². The quantitative estimate of drug-likeness (QED) is 0.421. The fourth-order valence-electron chi connectivity index (χ4n) is 4.42. The maximum atomic E-state index is 12.2. The molecule has 0 amide bonds. The minimum Gasteiger partial charge on any atom is -0.454 e. The van der Waals surface area contributed by atoms with Gasteiger partial charge in [-0.2, -0.15) is 0 Å². The molecule has 28 heavy (non-hydrogen) atoms. The molecule has 0 aromatic rings. The summed E-state index contributed by atoms with van der Waals surface area (Å²) in [5, 5.41) is 11.0. The third kappa shape index (κ3) is 3.94. The van der Waals surface area contributed by atoms with Gasteiger partial charge in [-0.1, -0.05) is 19.2 Å². The van der Waals surface area contributed by atoms with Gasteiger partial charge in [0.25, 0.3) is 0 Å². The van der Waals surface area contributed by atoms with Crippen LogP contribution in [-0.4, -0.2) is 47.1 Å².